The van der Waals surface area contributed by atoms with Crippen molar-refractivity contribution < 1.29 is 5.11 Å². The van der Waals surface area contributed by atoms with E-state index in [4.69, 9.17) is 15.6 Å². The fraction of sp³-hybridized carbons (Fsp3) is 0.158. The fourth-order valence-electron chi connectivity index (χ4n) is 1.36. The van der Waals surface area contributed by atoms with Crippen LogP contribution in [0.5, 0.6) is 0 Å². The summed E-state index contributed by atoms with van der Waals surface area (Å²) in [5, 5.41) is 25.9. The van der Waals surface area contributed by atoms with Crippen molar-refractivity contribution in [2.45, 2.75) is 13.8 Å². The Kier molecular flexibility index (Phi) is 10.3. The zero-order valence-electron chi connectivity index (χ0n) is 13.0. The molecule has 0 saturated carbocycles. The van der Waals surface area contributed by atoms with Crippen LogP contribution >= 0.6 is 0 Å². The number of aliphatic hydroxyl groups is 1. The second kappa shape index (κ2) is 11.9. The summed E-state index contributed by atoms with van der Waals surface area (Å²) in [6.45, 7) is 7.28. The Morgan fingerprint density at radius 3 is 2.23 bits per heavy atom. The lowest BCUT2D eigenvalue weighted by Gasteiger charge is -1.95. The Morgan fingerprint density at radius 2 is 1.86 bits per heavy atom. The van der Waals surface area contributed by atoms with Crippen molar-refractivity contribution in [1.82, 2.24) is 0 Å². The number of rotatable bonds is 4. The molecular weight excluding hydrogens is 272 g/mol. The molecule has 0 unspecified atom stereocenters. The van der Waals surface area contributed by atoms with E-state index in [0.717, 1.165) is 5.57 Å². The minimum atomic E-state index is -0.0632. The average molecular weight is 292 g/mol. The largest absolute Gasteiger partial charge is 0.392 e. The SMILES string of the molecule is C=C(C#N)/C(C#N)=C/C(/C=C\CO)=C/C.Cc1ccccc1. The van der Waals surface area contributed by atoms with E-state index in [1.54, 1.807) is 31.2 Å². The first-order valence-corrected chi connectivity index (χ1v) is 6.75. The van der Waals surface area contributed by atoms with Gasteiger partial charge in [0.2, 0.25) is 0 Å². The molecular formula is C19H20N2O. The van der Waals surface area contributed by atoms with Crippen molar-refractivity contribution in [3.63, 3.8) is 0 Å². The zero-order valence-corrected chi connectivity index (χ0v) is 13.0. The third-order valence-corrected chi connectivity index (χ3v) is 2.58. The van der Waals surface area contributed by atoms with Crippen molar-refractivity contribution in [1.29, 1.82) is 10.5 Å². The van der Waals surface area contributed by atoms with Crippen molar-refractivity contribution >= 4 is 0 Å². The van der Waals surface area contributed by atoms with Crippen LogP contribution in [0.3, 0.4) is 0 Å². The molecule has 0 heterocycles. The van der Waals surface area contributed by atoms with Gasteiger partial charge in [-0.15, -0.1) is 0 Å². The molecule has 0 spiro atoms. The number of benzene rings is 1. The van der Waals surface area contributed by atoms with Gasteiger partial charge >= 0.3 is 0 Å². The van der Waals surface area contributed by atoms with Crippen molar-refractivity contribution in [3.8, 4) is 12.1 Å². The molecule has 3 nitrogen and oxygen atoms in total. The van der Waals surface area contributed by atoms with Gasteiger partial charge in [-0.05, 0) is 25.5 Å². The third kappa shape index (κ3) is 8.32. The Hall–Kier alpha value is -2.88. The second-order valence-electron chi connectivity index (χ2n) is 4.29. The average Bonchev–Trinajstić information content (AvgIpc) is 2.56. The highest BCUT2D eigenvalue weighted by molar-refractivity contribution is 5.52. The van der Waals surface area contributed by atoms with E-state index in [2.05, 4.69) is 25.6 Å². The normalized spacial score (nSPS) is 11.1. The summed E-state index contributed by atoms with van der Waals surface area (Å²) in [7, 11) is 0. The van der Waals surface area contributed by atoms with Crippen molar-refractivity contribution in [2.24, 2.45) is 0 Å². The summed E-state index contributed by atoms with van der Waals surface area (Å²) in [6.07, 6.45) is 6.55. The van der Waals surface area contributed by atoms with Crippen LogP contribution < -0.4 is 0 Å². The maximum absolute atomic E-state index is 8.77. The number of allylic oxidation sites excluding steroid dienone is 6. The molecule has 1 rings (SSSR count). The Bertz CT molecular complexity index is 638. The van der Waals surface area contributed by atoms with Crippen LogP contribution in [0.4, 0.5) is 0 Å². The van der Waals surface area contributed by atoms with Gasteiger partial charge in [0.05, 0.1) is 23.8 Å². The van der Waals surface area contributed by atoms with Crippen LogP contribution in [-0.2, 0) is 0 Å². The molecule has 0 atom stereocenters. The topological polar surface area (TPSA) is 67.8 Å². The number of aliphatic hydroxyl groups excluding tert-OH is 1. The van der Waals surface area contributed by atoms with Crippen LogP contribution in [0.2, 0.25) is 0 Å². The Morgan fingerprint density at radius 1 is 1.23 bits per heavy atom. The standard InChI is InChI=1S/C12H12N2O.C7H8/c1-3-11(5-4-6-15)7-12(9-14)10(2)8-13;1-7-5-3-2-4-6-7/h3-5,7,15H,2,6H2,1H3;2-6H,1H3/b5-4-,11-3+,12-7+;. The summed E-state index contributed by atoms with van der Waals surface area (Å²) in [4.78, 5) is 0. The lowest BCUT2D eigenvalue weighted by Crippen LogP contribution is -1.84. The van der Waals surface area contributed by atoms with E-state index in [1.165, 1.54) is 5.56 Å². The van der Waals surface area contributed by atoms with E-state index >= 15 is 0 Å². The van der Waals surface area contributed by atoms with Crippen LogP contribution in [0, 0.1) is 29.6 Å². The summed E-state index contributed by atoms with van der Waals surface area (Å²) in [5.74, 6) is 0. The Balaban J connectivity index is 0.000000518. The molecule has 0 bridgehead atoms. The third-order valence-electron chi connectivity index (χ3n) is 2.58. The van der Waals surface area contributed by atoms with Gasteiger partial charge in [0.25, 0.3) is 0 Å². The smallest absolute Gasteiger partial charge is 0.101 e. The van der Waals surface area contributed by atoms with Crippen molar-refractivity contribution in [2.75, 3.05) is 6.61 Å². The highest BCUT2D eigenvalue weighted by Gasteiger charge is 2.00. The van der Waals surface area contributed by atoms with Gasteiger partial charge in [-0.25, -0.2) is 0 Å². The number of hydrogen-bond acceptors (Lipinski definition) is 3. The van der Waals surface area contributed by atoms with E-state index in [1.807, 2.05) is 30.3 Å². The van der Waals surface area contributed by atoms with Crippen LogP contribution in [0.25, 0.3) is 0 Å². The fourth-order valence-corrected chi connectivity index (χ4v) is 1.36. The number of nitrogens with zero attached hydrogens (tertiary/aromatic N) is 2. The molecule has 22 heavy (non-hydrogen) atoms. The van der Waals surface area contributed by atoms with Gasteiger partial charge in [0.1, 0.15) is 6.07 Å². The second-order valence-corrected chi connectivity index (χ2v) is 4.29. The molecule has 112 valence electrons. The zero-order chi connectivity index (χ0) is 16.8. The summed E-state index contributed by atoms with van der Waals surface area (Å²) >= 11 is 0. The van der Waals surface area contributed by atoms with Gasteiger partial charge in [0, 0.05) is 0 Å². The monoisotopic (exact) mass is 292 g/mol. The highest BCUT2D eigenvalue weighted by Crippen LogP contribution is 2.10. The molecule has 1 aromatic rings. The van der Waals surface area contributed by atoms with E-state index in [0.29, 0.717) is 0 Å². The summed E-state index contributed by atoms with van der Waals surface area (Å²) < 4.78 is 0. The van der Waals surface area contributed by atoms with Gasteiger partial charge in [-0.1, -0.05) is 60.7 Å². The van der Waals surface area contributed by atoms with E-state index < -0.39 is 0 Å². The lowest BCUT2D eigenvalue weighted by atomic mass is 10.1. The number of hydrogen-bond donors (Lipinski definition) is 1. The van der Waals surface area contributed by atoms with Crippen molar-refractivity contribution in [3.05, 3.63) is 83.5 Å². The quantitative estimate of drug-likeness (QED) is 0.673. The molecule has 1 aromatic carbocycles. The Labute approximate surface area is 132 Å². The highest BCUT2D eigenvalue weighted by atomic mass is 16.2. The van der Waals surface area contributed by atoms with Crippen LogP contribution in [0.15, 0.2) is 77.9 Å². The maximum Gasteiger partial charge on any atom is 0.101 e. The number of nitriles is 2. The maximum atomic E-state index is 8.77. The van der Waals surface area contributed by atoms with Gasteiger partial charge in [0.15, 0.2) is 0 Å². The summed E-state index contributed by atoms with van der Waals surface area (Å²) in [5.41, 5.74) is 2.43. The van der Waals surface area contributed by atoms with E-state index in [-0.39, 0.29) is 17.8 Å². The molecule has 0 aliphatic rings. The predicted octanol–water partition coefficient (Wildman–Crippen LogP) is 4.01. The molecule has 0 fully saturated rings. The first-order chi connectivity index (χ1) is 10.6. The first-order valence-electron chi connectivity index (χ1n) is 6.75. The molecule has 0 saturated heterocycles. The number of aryl methyl sites for hydroxylation is 1. The van der Waals surface area contributed by atoms with Gasteiger partial charge in [-0.2, -0.15) is 10.5 Å². The van der Waals surface area contributed by atoms with E-state index in [9.17, 15) is 0 Å². The van der Waals surface area contributed by atoms with Crippen LogP contribution in [0.1, 0.15) is 12.5 Å². The first kappa shape index (κ1) is 19.1. The molecule has 0 aliphatic carbocycles. The van der Waals surface area contributed by atoms with Gasteiger partial charge < -0.3 is 5.11 Å². The lowest BCUT2D eigenvalue weighted by molar-refractivity contribution is 0.342. The molecule has 3 heteroatoms. The minimum Gasteiger partial charge on any atom is -0.392 e. The molecule has 1 N–H and O–H groups in total. The summed E-state index contributed by atoms with van der Waals surface area (Å²) in [6, 6.07) is 14.0. The minimum absolute atomic E-state index is 0.0632. The van der Waals surface area contributed by atoms with Crippen LogP contribution in [-0.4, -0.2) is 11.7 Å². The van der Waals surface area contributed by atoms with Gasteiger partial charge in [-0.3, -0.25) is 0 Å². The molecule has 0 aliphatic heterocycles. The predicted molar refractivity (Wildman–Crippen MR) is 89.6 cm³/mol. The molecule has 0 aromatic heterocycles. The molecule has 0 amide bonds. The molecule has 0 radical (unpaired) electrons.